The summed E-state index contributed by atoms with van der Waals surface area (Å²) in [5.74, 6) is -0.473. The van der Waals surface area contributed by atoms with E-state index in [1.165, 1.54) is 29.5 Å². The molecule has 1 N–H and O–H groups in total. The predicted molar refractivity (Wildman–Crippen MR) is 95.4 cm³/mol. The maximum atomic E-state index is 13.1. The molecule has 124 valence electrons. The number of nitrogens with one attached hydrogen (secondary N) is 1. The van der Waals surface area contributed by atoms with E-state index in [0.29, 0.717) is 18.2 Å². The molecule has 0 spiro atoms. The van der Waals surface area contributed by atoms with Crippen LogP contribution in [0.3, 0.4) is 0 Å². The summed E-state index contributed by atoms with van der Waals surface area (Å²) in [5, 5.41) is 2.88. The quantitative estimate of drug-likeness (QED) is 0.855. The van der Waals surface area contributed by atoms with Gasteiger partial charge in [0, 0.05) is 30.9 Å². The molecular weight excluding hydrogens is 303 g/mol. The molecule has 1 heterocycles. The molecule has 4 heteroatoms. The van der Waals surface area contributed by atoms with Crippen LogP contribution in [0.5, 0.6) is 0 Å². The molecule has 1 amide bonds. The van der Waals surface area contributed by atoms with Crippen LogP contribution < -0.4 is 10.2 Å². The molecular formula is C20H21FN2O. The Hall–Kier alpha value is -2.62. The second kappa shape index (κ2) is 7.30. The fraction of sp³-hybridized carbons (Fsp3) is 0.250. The van der Waals surface area contributed by atoms with Gasteiger partial charge < -0.3 is 10.2 Å². The van der Waals surface area contributed by atoms with Gasteiger partial charge in [-0.15, -0.1) is 0 Å². The van der Waals surface area contributed by atoms with Crippen molar-refractivity contribution in [3.63, 3.8) is 0 Å². The Morgan fingerprint density at radius 3 is 2.96 bits per heavy atom. The number of carbonyl (C=O) groups excluding carboxylic acids is 1. The standard InChI is InChI=1S/C20H21FN2O/c1-15-13-17-6-2-3-8-19(17)23(15)12-11-22-20(24)10-9-16-5-4-7-18(21)14-16/h2-10,14-15H,11-13H2,1H3,(H,22,24). The number of rotatable bonds is 5. The molecule has 0 radical (unpaired) electrons. The zero-order valence-corrected chi connectivity index (χ0v) is 13.7. The Labute approximate surface area is 141 Å². The van der Waals surface area contributed by atoms with Crippen molar-refractivity contribution in [3.05, 3.63) is 71.6 Å². The minimum atomic E-state index is -0.306. The number of anilines is 1. The number of fused-ring (bicyclic) bond motifs is 1. The third kappa shape index (κ3) is 3.82. The second-order valence-electron chi connectivity index (χ2n) is 6.05. The average Bonchev–Trinajstić information content (AvgIpc) is 2.89. The molecule has 3 rings (SSSR count). The van der Waals surface area contributed by atoms with Crippen LogP contribution >= 0.6 is 0 Å². The highest BCUT2D eigenvalue weighted by molar-refractivity contribution is 5.91. The third-order valence-corrected chi connectivity index (χ3v) is 4.28. The first-order chi connectivity index (χ1) is 11.6. The van der Waals surface area contributed by atoms with Crippen molar-refractivity contribution in [1.82, 2.24) is 5.32 Å². The van der Waals surface area contributed by atoms with Crippen molar-refractivity contribution in [3.8, 4) is 0 Å². The van der Waals surface area contributed by atoms with E-state index in [1.807, 2.05) is 6.07 Å². The van der Waals surface area contributed by atoms with Crippen molar-refractivity contribution in [1.29, 1.82) is 0 Å². The fourth-order valence-corrected chi connectivity index (χ4v) is 3.11. The van der Waals surface area contributed by atoms with Crippen LogP contribution in [0.2, 0.25) is 0 Å². The molecule has 0 bridgehead atoms. The van der Waals surface area contributed by atoms with Gasteiger partial charge in [0.05, 0.1) is 0 Å². The van der Waals surface area contributed by atoms with Crippen LogP contribution in [0.4, 0.5) is 10.1 Å². The lowest BCUT2D eigenvalue weighted by atomic mass is 10.1. The molecule has 0 saturated heterocycles. The van der Waals surface area contributed by atoms with E-state index in [2.05, 4.69) is 35.3 Å². The van der Waals surface area contributed by atoms with Gasteiger partial charge in [0.1, 0.15) is 5.82 Å². The lowest BCUT2D eigenvalue weighted by Gasteiger charge is -2.24. The lowest BCUT2D eigenvalue weighted by molar-refractivity contribution is -0.116. The molecule has 1 atom stereocenters. The van der Waals surface area contributed by atoms with Crippen LogP contribution in [-0.2, 0) is 11.2 Å². The monoisotopic (exact) mass is 324 g/mol. The van der Waals surface area contributed by atoms with Gasteiger partial charge in [0.15, 0.2) is 0 Å². The first kappa shape index (κ1) is 16.2. The molecule has 0 saturated carbocycles. The average molecular weight is 324 g/mol. The van der Waals surface area contributed by atoms with E-state index < -0.39 is 0 Å². The van der Waals surface area contributed by atoms with Crippen LogP contribution in [0.1, 0.15) is 18.1 Å². The first-order valence-corrected chi connectivity index (χ1v) is 8.19. The van der Waals surface area contributed by atoms with Gasteiger partial charge in [0.2, 0.25) is 5.91 Å². The van der Waals surface area contributed by atoms with E-state index in [4.69, 9.17) is 0 Å². The van der Waals surface area contributed by atoms with E-state index in [0.717, 1.165) is 13.0 Å². The molecule has 2 aromatic carbocycles. The van der Waals surface area contributed by atoms with Gasteiger partial charge >= 0.3 is 0 Å². The number of nitrogens with zero attached hydrogens (tertiary/aromatic N) is 1. The summed E-state index contributed by atoms with van der Waals surface area (Å²) < 4.78 is 13.1. The summed E-state index contributed by atoms with van der Waals surface area (Å²) in [4.78, 5) is 14.2. The SMILES string of the molecule is CC1Cc2ccccc2N1CCNC(=O)C=Cc1cccc(F)c1. The summed E-state index contributed by atoms with van der Waals surface area (Å²) in [7, 11) is 0. The zero-order valence-electron chi connectivity index (χ0n) is 13.7. The predicted octanol–water partition coefficient (Wildman–Crippen LogP) is 3.41. The number of halogens is 1. The summed E-state index contributed by atoms with van der Waals surface area (Å²) in [6.07, 6.45) is 4.10. The summed E-state index contributed by atoms with van der Waals surface area (Å²) >= 11 is 0. The van der Waals surface area contributed by atoms with E-state index in [9.17, 15) is 9.18 Å². The van der Waals surface area contributed by atoms with E-state index in [-0.39, 0.29) is 11.7 Å². The number of benzene rings is 2. The molecule has 0 aliphatic carbocycles. The number of hydrogen-bond acceptors (Lipinski definition) is 2. The number of para-hydroxylation sites is 1. The second-order valence-corrected chi connectivity index (χ2v) is 6.05. The smallest absolute Gasteiger partial charge is 0.244 e. The highest BCUT2D eigenvalue weighted by Gasteiger charge is 2.24. The molecule has 1 unspecified atom stereocenters. The summed E-state index contributed by atoms with van der Waals surface area (Å²) in [6, 6.07) is 15.0. The first-order valence-electron chi connectivity index (χ1n) is 8.19. The van der Waals surface area contributed by atoms with Crippen LogP contribution in [-0.4, -0.2) is 25.0 Å². The van der Waals surface area contributed by atoms with Gasteiger partial charge in [-0.05, 0) is 48.7 Å². The van der Waals surface area contributed by atoms with Crippen LogP contribution in [0.25, 0.3) is 6.08 Å². The topological polar surface area (TPSA) is 32.3 Å². The maximum Gasteiger partial charge on any atom is 0.244 e. The summed E-state index contributed by atoms with van der Waals surface area (Å²) in [6.45, 7) is 3.55. The maximum absolute atomic E-state index is 13.1. The largest absolute Gasteiger partial charge is 0.367 e. The molecule has 1 aliphatic rings. The van der Waals surface area contributed by atoms with Gasteiger partial charge in [-0.3, -0.25) is 4.79 Å². The van der Waals surface area contributed by atoms with Gasteiger partial charge in [-0.2, -0.15) is 0 Å². The van der Waals surface area contributed by atoms with Crippen molar-refractivity contribution in [2.24, 2.45) is 0 Å². The minimum Gasteiger partial charge on any atom is -0.367 e. The normalized spacial score (nSPS) is 16.4. The molecule has 2 aromatic rings. The Morgan fingerprint density at radius 2 is 2.12 bits per heavy atom. The Balaban J connectivity index is 1.51. The van der Waals surface area contributed by atoms with Crippen molar-refractivity contribution in [2.45, 2.75) is 19.4 Å². The Morgan fingerprint density at radius 1 is 1.29 bits per heavy atom. The molecule has 0 aromatic heterocycles. The van der Waals surface area contributed by atoms with Crippen molar-refractivity contribution >= 4 is 17.7 Å². The Bertz CT molecular complexity index is 757. The van der Waals surface area contributed by atoms with E-state index in [1.54, 1.807) is 18.2 Å². The van der Waals surface area contributed by atoms with Gasteiger partial charge in [0.25, 0.3) is 0 Å². The Kier molecular flexibility index (Phi) is 4.94. The highest BCUT2D eigenvalue weighted by Crippen LogP contribution is 2.31. The zero-order chi connectivity index (χ0) is 16.9. The molecule has 0 fully saturated rings. The van der Waals surface area contributed by atoms with E-state index >= 15 is 0 Å². The van der Waals surface area contributed by atoms with Crippen LogP contribution in [0, 0.1) is 5.82 Å². The van der Waals surface area contributed by atoms with Gasteiger partial charge in [-0.1, -0.05) is 30.3 Å². The highest BCUT2D eigenvalue weighted by atomic mass is 19.1. The third-order valence-electron chi connectivity index (χ3n) is 4.28. The lowest BCUT2D eigenvalue weighted by Crippen LogP contribution is -2.37. The van der Waals surface area contributed by atoms with Gasteiger partial charge in [-0.25, -0.2) is 4.39 Å². The van der Waals surface area contributed by atoms with Crippen molar-refractivity contribution < 1.29 is 9.18 Å². The summed E-state index contributed by atoms with van der Waals surface area (Å²) in [5.41, 5.74) is 3.30. The number of hydrogen-bond donors (Lipinski definition) is 1. The fourth-order valence-electron chi connectivity index (χ4n) is 3.11. The molecule has 24 heavy (non-hydrogen) atoms. The van der Waals surface area contributed by atoms with Crippen LogP contribution in [0.15, 0.2) is 54.6 Å². The number of amides is 1. The van der Waals surface area contributed by atoms with Crippen molar-refractivity contribution in [2.75, 3.05) is 18.0 Å². The molecule has 1 aliphatic heterocycles. The molecule has 3 nitrogen and oxygen atoms in total. The number of carbonyl (C=O) groups is 1. The minimum absolute atomic E-state index is 0.167.